The van der Waals surface area contributed by atoms with Gasteiger partial charge in [0.05, 0.1) is 34.7 Å². The standard InChI is InChI=1S/C17H14N4/c1-21(13-8-6-12(10-18)7-9-13)17-14-4-2-3-5-16(14)20-11-15(17)19/h2-9,11H,19H2,1H3. The predicted octanol–water partition coefficient (Wildman–Crippen LogP) is 3.46. The summed E-state index contributed by atoms with van der Waals surface area (Å²) in [7, 11) is 1.96. The molecule has 0 aliphatic carbocycles. The maximum Gasteiger partial charge on any atom is 0.0991 e. The highest BCUT2D eigenvalue weighted by molar-refractivity contribution is 5.99. The fourth-order valence-corrected chi connectivity index (χ4v) is 2.41. The number of hydrogen-bond acceptors (Lipinski definition) is 4. The molecule has 0 aliphatic heterocycles. The van der Waals surface area contributed by atoms with Gasteiger partial charge in [0.2, 0.25) is 0 Å². The second-order valence-corrected chi connectivity index (χ2v) is 4.80. The average molecular weight is 274 g/mol. The van der Waals surface area contributed by atoms with Gasteiger partial charge in [0, 0.05) is 18.1 Å². The molecule has 0 aliphatic rings. The van der Waals surface area contributed by atoms with Crippen LogP contribution in [0, 0.1) is 11.3 Å². The zero-order valence-corrected chi connectivity index (χ0v) is 11.6. The van der Waals surface area contributed by atoms with Crippen LogP contribution < -0.4 is 10.6 Å². The van der Waals surface area contributed by atoms with Crippen LogP contribution in [0.25, 0.3) is 10.9 Å². The molecular formula is C17H14N4. The summed E-state index contributed by atoms with van der Waals surface area (Å²) in [4.78, 5) is 6.36. The monoisotopic (exact) mass is 274 g/mol. The van der Waals surface area contributed by atoms with E-state index in [2.05, 4.69) is 11.1 Å². The molecule has 1 aromatic heterocycles. The first-order valence-corrected chi connectivity index (χ1v) is 6.58. The quantitative estimate of drug-likeness (QED) is 0.777. The third-order valence-corrected chi connectivity index (χ3v) is 3.49. The van der Waals surface area contributed by atoms with Crippen LogP contribution in [-0.4, -0.2) is 12.0 Å². The van der Waals surface area contributed by atoms with Crippen molar-refractivity contribution in [3.8, 4) is 6.07 Å². The number of benzene rings is 2. The van der Waals surface area contributed by atoms with Crippen LogP contribution in [0.2, 0.25) is 0 Å². The SMILES string of the molecule is CN(c1ccc(C#N)cc1)c1c(N)cnc2ccccc12. The Bertz CT molecular complexity index is 832. The first-order valence-electron chi connectivity index (χ1n) is 6.58. The summed E-state index contributed by atoms with van der Waals surface area (Å²) in [6.07, 6.45) is 1.68. The third kappa shape index (κ3) is 2.26. The molecule has 0 amide bonds. The molecule has 3 aromatic rings. The van der Waals surface area contributed by atoms with Crippen LogP contribution >= 0.6 is 0 Å². The van der Waals surface area contributed by atoms with E-state index in [0.717, 1.165) is 22.3 Å². The second kappa shape index (κ2) is 5.14. The highest BCUT2D eigenvalue weighted by atomic mass is 15.1. The molecule has 4 heteroatoms. The van der Waals surface area contributed by atoms with Crippen molar-refractivity contribution in [1.29, 1.82) is 5.26 Å². The Balaban J connectivity index is 2.14. The van der Waals surface area contributed by atoms with Gasteiger partial charge in [0.15, 0.2) is 0 Å². The molecule has 3 rings (SSSR count). The first kappa shape index (κ1) is 12.9. The molecule has 0 saturated carbocycles. The fourth-order valence-electron chi connectivity index (χ4n) is 2.41. The number of rotatable bonds is 2. The minimum atomic E-state index is 0.626. The van der Waals surface area contributed by atoms with Gasteiger partial charge in [-0.25, -0.2) is 0 Å². The lowest BCUT2D eigenvalue weighted by Crippen LogP contribution is -2.12. The summed E-state index contributed by atoms with van der Waals surface area (Å²) in [5.74, 6) is 0. The van der Waals surface area contributed by atoms with Crippen LogP contribution in [-0.2, 0) is 0 Å². The van der Waals surface area contributed by atoms with Gasteiger partial charge in [-0.3, -0.25) is 4.98 Å². The van der Waals surface area contributed by atoms with E-state index in [1.165, 1.54) is 0 Å². The van der Waals surface area contributed by atoms with Crippen LogP contribution in [0.4, 0.5) is 17.1 Å². The zero-order chi connectivity index (χ0) is 14.8. The average Bonchev–Trinajstić information content (AvgIpc) is 2.54. The Morgan fingerprint density at radius 1 is 1.10 bits per heavy atom. The molecule has 0 unspecified atom stereocenters. The predicted molar refractivity (Wildman–Crippen MR) is 85.4 cm³/mol. The fraction of sp³-hybridized carbons (Fsp3) is 0.0588. The molecule has 4 nitrogen and oxygen atoms in total. The number of hydrogen-bond donors (Lipinski definition) is 1. The first-order chi connectivity index (χ1) is 10.2. The minimum absolute atomic E-state index is 0.626. The van der Waals surface area contributed by atoms with Crippen molar-refractivity contribution in [2.75, 3.05) is 17.7 Å². The van der Waals surface area contributed by atoms with E-state index in [0.29, 0.717) is 11.3 Å². The molecule has 0 bridgehead atoms. The highest BCUT2D eigenvalue weighted by Crippen LogP contribution is 2.34. The van der Waals surface area contributed by atoms with Crippen molar-refractivity contribution in [1.82, 2.24) is 4.98 Å². The molecule has 0 atom stereocenters. The Morgan fingerprint density at radius 3 is 2.52 bits per heavy atom. The molecule has 0 spiro atoms. The number of anilines is 3. The van der Waals surface area contributed by atoms with Crippen LogP contribution in [0.5, 0.6) is 0 Å². The number of nitrogen functional groups attached to an aromatic ring is 1. The van der Waals surface area contributed by atoms with Crippen molar-refractivity contribution >= 4 is 28.0 Å². The molecule has 21 heavy (non-hydrogen) atoms. The number of fused-ring (bicyclic) bond motifs is 1. The van der Waals surface area contributed by atoms with Crippen molar-refractivity contribution in [2.24, 2.45) is 0 Å². The lowest BCUT2D eigenvalue weighted by molar-refractivity contribution is 1.21. The van der Waals surface area contributed by atoms with Gasteiger partial charge in [0.25, 0.3) is 0 Å². The number of nitrogens with zero attached hydrogens (tertiary/aromatic N) is 3. The third-order valence-electron chi connectivity index (χ3n) is 3.49. The molecule has 102 valence electrons. The lowest BCUT2D eigenvalue weighted by atomic mass is 10.1. The smallest absolute Gasteiger partial charge is 0.0991 e. The number of aromatic nitrogens is 1. The van der Waals surface area contributed by atoms with Gasteiger partial charge >= 0.3 is 0 Å². The highest BCUT2D eigenvalue weighted by Gasteiger charge is 2.12. The van der Waals surface area contributed by atoms with E-state index >= 15 is 0 Å². The summed E-state index contributed by atoms with van der Waals surface area (Å²) in [5, 5.41) is 9.88. The zero-order valence-electron chi connectivity index (χ0n) is 11.6. The van der Waals surface area contributed by atoms with Gasteiger partial charge in [-0.1, -0.05) is 18.2 Å². The summed E-state index contributed by atoms with van der Waals surface area (Å²) in [6.45, 7) is 0. The Morgan fingerprint density at radius 2 is 1.81 bits per heavy atom. The molecule has 2 aromatic carbocycles. The molecule has 2 N–H and O–H groups in total. The molecule has 0 radical (unpaired) electrons. The summed E-state index contributed by atoms with van der Waals surface area (Å²) < 4.78 is 0. The van der Waals surface area contributed by atoms with E-state index in [9.17, 15) is 0 Å². The van der Waals surface area contributed by atoms with Gasteiger partial charge < -0.3 is 10.6 Å². The van der Waals surface area contributed by atoms with Gasteiger partial charge in [0.1, 0.15) is 0 Å². The lowest BCUT2D eigenvalue weighted by Gasteiger charge is -2.23. The number of pyridine rings is 1. The van der Waals surface area contributed by atoms with Gasteiger partial charge in [-0.2, -0.15) is 5.26 Å². The van der Waals surface area contributed by atoms with Crippen molar-refractivity contribution < 1.29 is 0 Å². The van der Waals surface area contributed by atoms with Crippen LogP contribution in [0.15, 0.2) is 54.7 Å². The van der Waals surface area contributed by atoms with Crippen LogP contribution in [0.3, 0.4) is 0 Å². The van der Waals surface area contributed by atoms with E-state index in [1.807, 2.05) is 48.3 Å². The largest absolute Gasteiger partial charge is 0.396 e. The number of nitrogens with two attached hydrogens (primary N) is 1. The van der Waals surface area contributed by atoms with Crippen molar-refractivity contribution in [2.45, 2.75) is 0 Å². The van der Waals surface area contributed by atoms with Crippen molar-refractivity contribution in [3.63, 3.8) is 0 Å². The van der Waals surface area contributed by atoms with E-state index in [1.54, 1.807) is 18.3 Å². The van der Waals surface area contributed by atoms with E-state index in [-0.39, 0.29) is 0 Å². The Hall–Kier alpha value is -3.06. The maximum atomic E-state index is 8.88. The molecular weight excluding hydrogens is 260 g/mol. The second-order valence-electron chi connectivity index (χ2n) is 4.80. The number of nitriles is 1. The Labute approximate surface area is 123 Å². The van der Waals surface area contributed by atoms with Gasteiger partial charge in [-0.05, 0) is 30.3 Å². The van der Waals surface area contributed by atoms with Crippen LogP contribution in [0.1, 0.15) is 5.56 Å². The maximum absolute atomic E-state index is 8.88. The summed E-state index contributed by atoms with van der Waals surface area (Å²) >= 11 is 0. The minimum Gasteiger partial charge on any atom is -0.396 e. The topological polar surface area (TPSA) is 65.9 Å². The van der Waals surface area contributed by atoms with Gasteiger partial charge in [-0.15, -0.1) is 0 Å². The van der Waals surface area contributed by atoms with E-state index < -0.39 is 0 Å². The summed E-state index contributed by atoms with van der Waals surface area (Å²) in [6, 6.07) is 17.4. The summed E-state index contributed by atoms with van der Waals surface area (Å²) in [5.41, 5.74) is 10.2. The van der Waals surface area contributed by atoms with Crippen molar-refractivity contribution in [3.05, 3.63) is 60.3 Å². The molecule has 0 fully saturated rings. The Kier molecular flexibility index (Phi) is 3.17. The number of para-hydroxylation sites is 1. The molecule has 0 saturated heterocycles. The van der Waals surface area contributed by atoms with E-state index in [4.69, 9.17) is 11.0 Å². The normalized spacial score (nSPS) is 10.3. The molecule has 1 heterocycles.